The topological polar surface area (TPSA) is 171 Å². The molecule has 240 valence electrons. The Kier molecular flexibility index (Phi) is 15.2. The summed E-state index contributed by atoms with van der Waals surface area (Å²) < 4.78 is 19.5. The van der Waals surface area contributed by atoms with Gasteiger partial charge in [0.1, 0.15) is 28.7 Å². The van der Waals surface area contributed by atoms with Crippen molar-refractivity contribution in [1.82, 2.24) is 15.5 Å². The average Bonchev–Trinajstić information content (AvgIpc) is 3.16. The first-order valence-electron chi connectivity index (χ1n) is 14.3. The monoisotopic (exact) mass is 612 g/mol. The highest BCUT2D eigenvalue weighted by molar-refractivity contribution is 5.82. The Labute approximate surface area is 259 Å². The van der Waals surface area contributed by atoms with Gasteiger partial charge in [0, 0.05) is 25.0 Å². The van der Waals surface area contributed by atoms with E-state index in [0.717, 1.165) is 0 Å². The molecule has 1 aliphatic heterocycles. The van der Waals surface area contributed by atoms with Crippen LogP contribution in [-0.4, -0.2) is 65.6 Å². The Morgan fingerprint density at radius 2 is 2.00 bits per heavy atom. The van der Waals surface area contributed by atoms with Gasteiger partial charge in [0.2, 0.25) is 6.41 Å². The van der Waals surface area contributed by atoms with E-state index in [9.17, 15) is 19.1 Å². The van der Waals surface area contributed by atoms with Crippen molar-refractivity contribution in [3.05, 3.63) is 58.6 Å². The quantitative estimate of drug-likeness (QED) is 0.114. The van der Waals surface area contributed by atoms with Crippen LogP contribution in [0.5, 0.6) is 0 Å². The SMILES string of the molecule is C=N/C(C(O)=C(C)C)=C1\C(=C\CC2C=CC(F)=CC2)OC(C(=O)NC(C)(C)CC#N)CCN1C=O.CC(C)(C#N)CNCO. The molecule has 1 aliphatic carbocycles. The number of ether oxygens (including phenoxy) is 1. The van der Waals surface area contributed by atoms with Crippen LogP contribution in [0.2, 0.25) is 0 Å². The first-order chi connectivity index (χ1) is 20.6. The molecule has 1 fully saturated rings. The molecule has 2 amide bonds. The lowest BCUT2D eigenvalue weighted by atomic mass is 9.96. The second kappa shape index (κ2) is 17.8. The van der Waals surface area contributed by atoms with E-state index in [4.69, 9.17) is 20.4 Å². The molecule has 0 bridgehead atoms. The van der Waals surface area contributed by atoms with Gasteiger partial charge in [-0.25, -0.2) is 4.39 Å². The van der Waals surface area contributed by atoms with Gasteiger partial charge < -0.3 is 25.2 Å². The Morgan fingerprint density at radius 1 is 1.32 bits per heavy atom. The predicted molar refractivity (Wildman–Crippen MR) is 166 cm³/mol. The van der Waals surface area contributed by atoms with Gasteiger partial charge in [-0.05, 0) is 90.8 Å². The summed E-state index contributed by atoms with van der Waals surface area (Å²) in [5.41, 5.74) is -0.340. The number of halogens is 1. The largest absolute Gasteiger partial charge is 0.506 e. The maximum atomic E-state index is 13.4. The van der Waals surface area contributed by atoms with Gasteiger partial charge in [0.05, 0.1) is 30.7 Å². The van der Waals surface area contributed by atoms with E-state index < -0.39 is 17.6 Å². The normalized spacial score (nSPS) is 20.4. The molecule has 0 radical (unpaired) electrons. The number of allylic oxidation sites excluding steroid dienone is 6. The van der Waals surface area contributed by atoms with Crippen molar-refractivity contribution in [2.45, 2.75) is 78.9 Å². The number of aliphatic hydroxyl groups is 2. The number of nitrogens with zero attached hydrogens (tertiary/aromatic N) is 4. The number of rotatable bonds is 11. The summed E-state index contributed by atoms with van der Waals surface area (Å²) in [4.78, 5) is 30.4. The second-order valence-electron chi connectivity index (χ2n) is 11.9. The third-order valence-electron chi connectivity index (χ3n) is 6.64. The number of aliphatic hydroxyl groups excluding tert-OH is 2. The number of carbonyl (C=O) groups excluding carboxylic acids is 2. The van der Waals surface area contributed by atoms with E-state index in [1.54, 1.807) is 39.8 Å². The van der Waals surface area contributed by atoms with E-state index in [1.165, 1.54) is 17.1 Å². The van der Waals surface area contributed by atoms with Crippen molar-refractivity contribution < 1.29 is 28.9 Å². The number of nitrogens with one attached hydrogen (secondary N) is 2. The lowest BCUT2D eigenvalue weighted by Gasteiger charge is -2.26. The molecule has 0 saturated carbocycles. The van der Waals surface area contributed by atoms with E-state index in [0.29, 0.717) is 31.4 Å². The average molecular weight is 613 g/mol. The van der Waals surface area contributed by atoms with Crippen LogP contribution < -0.4 is 10.6 Å². The van der Waals surface area contributed by atoms with Gasteiger partial charge >= 0.3 is 0 Å². The summed E-state index contributed by atoms with van der Waals surface area (Å²) in [6.45, 7) is 14.6. The van der Waals surface area contributed by atoms with Crippen molar-refractivity contribution >= 4 is 19.0 Å². The van der Waals surface area contributed by atoms with E-state index in [2.05, 4.69) is 28.4 Å². The van der Waals surface area contributed by atoms with Gasteiger partial charge in [0.25, 0.3) is 5.91 Å². The van der Waals surface area contributed by atoms with Gasteiger partial charge in [-0.2, -0.15) is 10.5 Å². The Hall–Kier alpha value is -4.26. The third kappa shape index (κ3) is 12.2. The molecule has 12 heteroatoms. The van der Waals surface area contributed by atoms with Crippen LogP contribution in [0.4, 0.5) is 4.39 Å². The van der Waals surface area contributed by atoms with Crippen LogP contribution in [-0.2, 0) is 14.3 Å². The first kappa shape index (κ1) is 37.8. The van der Waals surface area contributed by atoms with Gasteiger partial charge in [0.15, 0.2) is 6.10 Å². The van der Waals surface area contributed by atoms with Crippen molar-refractivity contribution in [2.75, 3.05) is 19.8 Å². The third-order valence-corrected chi connectivity index (χ3v) is 6.64. The molecule has 0 aromatic carbocycles. The van der Waals surface area contributed by atoms with Crippen molar-refractivity contribution in [2.24, 2.45) is 16.3 Å². The number of nitriles is 2. The molecule has 44 heavy (non-hydrogen) atoms. The predicted octanol–water partition coefficient (Wildman–Crippen LogP) is 4.59. The lowest BCUT2D eigenvalue weighted by molar-refractivity contribution is -0.132. The molecule has 0 aromatic heterocycles. The summed E-state index contributed by atoms with van der Waals surface area (Å²) >= 11 is 0. The number of amides is 2. The van der Waals surface area contributed by atoms with Gasteiger partial charge in [-0.3, -0.25) is 19.9 Å². The van der Waals surface area contributed by atoms with Crippen molar-refractivity contribution in [3.63, 3.8) is 0 Å². The zero-order valence-corrected chi connectivity index (χ0v) is 26.5. The number of carbonyl (C=O) groups is 2. The number of hydrogen-bond donors (Lipinski definition) is 4. The molecule has 2 atom stereocenters. The van der Waals surface area contributed by atoms with Gasteiger partial charge in [-0.15, -0.1) is 0 Å². The van der Waals surface area contributed by atoms with Crippen LogP contribution in [0.15, 0.2) is 63.6 Å². The summed E-state index contributed by atoms with van der Waals surface area (Å²) in [7, 11) is 0. The Morgan fingerprint density at radius 3 is 2.50 bits per heavy atom. The minimum Gasteiger partial charge on any atom is -0.506 e. The lowest BCUT2D eigenvalue weighted by Crippen LogP contribution is -2.48. The fourth-order valence-corrected chi connectivity index (χ4v) is 4.10. The molecule has 2 aliphatic rings. The van der Waals surface area contributed by atoms with Crippen LogP contribution in [0.25, 0.3) is 0 Å². The Bertz CT molecular complexity index is 1280. The van der Waals surface area contributed by atoms with Crippen molar-refractivity contribution in [3.8, 4) is 12.1 Å². The maximum Gasteiger partial charge on any atom is 0.261 e. The van der Waals surface area contributed by atoms with E-state index >= 15 is 0 Å². The van der Waals surface area contributed by atoms with Crippen LogP contribution in [0, 0.1) is 34.0 Å². The summed E-state index contributed by atoms with van der Waals surface area (Å²) in [5, 5.41) is 42.0. The van der Waals surface area contributed by atoms with Crippen LogP contribution in [0.1, 0.15) is 67.2 Å². The molecule has 2 unspecified atom stereocenters. The molecular weight excluding hydrogens is 567 g/mol. The van der Waals surface area contributed by atoms with E-state index in [1.807, 2.05) is 19.9 Å². The number of hydrogen-bond acceptors (Lipinski definition) is 9. The molecule has 0 spiro atoms. The summed E-state index contributed by atoms with van der Waals surface area (Å²) in [5.74, 6) is -0.705. The smallest absolute Gasteiger partial charge is 0.261 e. The minimum atomic E-state index is -0.960. The zero-order chi connectivity index (χ0) is 33.5. The second-order valence-corrected chi connectivity index (χ2v) is 11.9. The summed E-state index contributed by atoms with van der Waals surface area (Å²) in [6.07, 6.45) is 7.18. The zero-order valence-electron chi connectivity index (χ0n) is 26.5. The molecular formula is C32H45FN6O5. The van der Waals surface area contributed by atoms with Gasteiger partial charge in [-0.1, -0.05) is 6.08 Å². The standard InChI is InChI=1S/C26H33FN4O4.C6H12N2O/c1-17(2)24(33)22(29-5)23-20(11-8-18-6-9-19(27)10-7-18)35-21(12-15-31(23)16-32)25(34)30-26(3,4)13-14-28;1-6(2,3-7)4-8-5-9/h6,9-11,16,18,21,33H,5,7-8,12-13,15H2,1-4H3,(H,30,34);8-9H,4-5H2,1-2H3/b20-11-,23-22+;. The van der Waals surface area contributed by atoms with Crippen LogP contribution >= 0.6 is 0 Å². The molecule has 11 nitrogen and oxygen atoms in total. The highest BCUT2D eigenvalue weighted by Gasteiger charge is 2.34. The number of aliphatic imine (C=N–C) groups is 1. The van der Waals surface area contributed by atoms with Crippen LogP contribution in [0.3, 0.4) is 0 Å². The summed E-state index contributed by atoms with van der Waals surface area (Å²) in [6, 6.07) is 4.15. The first-order valence-corrected chi connectivity index (χ1v) is 14.3. The Balaban J connectivity index is 0.000000930. The molecule has 2 rings (SSSR count). The van der Waals surface area contributed by atoms with E-state index in [-0.39, 0.29) is 66.2 Å². The molecule has 1 heterocycles. The fraction of sp³-hybridized carbons (Fsp3) is 0.531. The molecule has 1 saturated heterocycles. The maximum absolute atomic E-state index is 13.4. The van der Waals surface area contributed by atoms with Crippen molar-refractivity contribution in [1.29, 1.82) is 10.5 Å². The highest BCUT2D eigenvalue weighted by atomic mass is 19.1. The molecule has 0 aromatic rings. The molecule has 4 N–H and O–H groups in total. The fourth-order valence-electron chi connectivity index (χ4n) is 4.10. The highest BCUT2D eigenvalue weighted by Crippen LogP contribution is 2.32. The minimum absolute atomic E-state index is 0.0150.